The van der Waals surface area contributed by atoms with E-state index >= 15 is 0 Å². The Morgan fingerprint density at radius 2 is 2.00 bits per heavy atom. The monoisotopic (exact) mass is 331 g/mol. The minimum absolute atomic E-state index is 0.0386. The molecule has 0 fully saturated rings. The molecule has 0 heterocycles. The van der Waals surface area contributed by atoms with Crippen molar-refractivity contribution in [3.05, 3.63) is 28.7 Å². The zero-order valence-electron chi connectivity index (χ0n) is 9.69. The van der Waals surface area contributed by atoms with Crippen molar-refractivity contribution in [2.75, 3.05) is 12.3 Å². The average molecular weight is 332 g/mol. The first-order valence-electron chi connectivity index (χ1n) is 5.45. The summed E-state index contributed by atoms with van der Waals surface area (Å²) in [6.45, 7) is 0.188. The number of nitrogens with one attached hydrogen (secondary N) is 1. The van der Waals surface area contributed by atoms with Crippen LogP contribution in [0.2, 0.25) is 0 Å². The van der Waals surface area contributed by atoms with Crippen LogP contribution in [0.15, 0.2) is 33.6 Å². The first kappa shape index (κ1) is 15.0. The molecule has 0 radical (unpaired) electrons. The molecule has 0 saturated heterocycles. The molecule has 6 heteroatoms. The summed E-state index contributed by atoms with van der Waals surface area (Å²) in [5, 5.41) is 11.0. The van der Waals surface area contributed by atoms with Crippen LogP contribution >= 0.6 is 27.7 Å². The SMILES string of the molecule is O=C(O)CCNC(=O)CCSc1ccccc1Br. The number of hydrogen-bond acceptors (Lipinski definition) is 3. The largest absolute Gasteiger partial charge is 0.481 e. The summed E-state index contributed by atoms with van der Waals surface area (Å²) in [4.78, 5) is 22.7. The second-order valence-corrected chi connectivity index (χ2v) is 5.51. The Hall–Kier alpha value is -1.01. The lowest BCUT2D eigenvalue weighted by atomic mass is 10.4. The molecule has 1 amide bonds. The Morgan fingerprint density at radius 3 is 2.67 bits per heavy atom. The maximum atomic E-state index is 11.4. The van der Waals surface area contributed by atoms with Crippen molar-refractivity contribution < 1.29 is 14.7 Å². The van der Waals surface area contributed by atoms with Gasteiger partial charge < -0.3 is 10.4 Å². The van der Waals surface area contributed by atoms with Gasteiger partial charge in [-0.25, -0.2) is 0 Å². The number of amides is 1. The summed E-state index contributed by atoms with van der Waals surface area (Å²) in [5.74, 6) is -0.352. The number of carboxylic acids is 1. The van der Waals surface area contributed by atoms with Gasteiger partial charge in [0.1, 0.15) is 0 Å². The lowest BCUT2D eigenvalue weighted by molar-refractivity contribution is -0.136. The maximum absolute atomic E-state index is 11.4. The molecule has 1 rings (SSSR count). The minimum Gasteiger partial charge on any atom is -0.481 e. The first-order valence-corrected chi connectivity index (χ1v) is 7.23. The zero-order chi connectivity index (χ0) is 13.4. The molecule has 2 N–H and O–H groups in total. The fourth-order valence-corrected chi connectivity index (χ4v) is 2.73. The third-order valence-electron chi connectivity index (χ3n) is 2.08. The van der Waals surface area contributed by atoms with Gasteiger partial charge in [-0.1, -0.05) is 12.1 Å². The van der Waals surface area contributed by atoms with E-state index in [1.165, 1.54) is 0 Å². The molecular weight excluding hydrogens is 318 g/mol. The Balaban J connectivity index is 2.20. The van der Waals surface area contributed by atoms with E-state index in [-0.39, 0.29) is 18.9 Å². The molecular formula is C12H14BrNO3S. The van der Waals surface area contributed by atoms with Gasteiger partial charge in [0.05, 0.1) is 6.42 Å². The highest BCUT2D eigenvalue weighted by atomic mass is 79.9. The number of benzene rings is 1. The standard InChI is InChI=1S/C12H14BrNO3S/c13-9-3-1-2-4-10(9)18-8-6-11(15)14-7-5-12(16)17/h1-4H,5-8H2,(H,14,15)(H,16,17). The van der Waals surface area contributed by atoms with Crippen molar-refractivity contribution in [2.24, 2.45) is 0 Å². The van der Waals surface area contributed by atoms with Crippen LogP contribution in [0.4, 0.5) is 0 Å². The summed E-state index contributed by atoms with van der Waals surface area (Å²) in [7, 11) is 0. The number of thioether (sulfide) groups is 1. The van der Waals surface area contributed by atoms with Crippen LogP contribution in [0.5, 0.6) is 0 Å². The quantitative estimate of drug-likeness (QED) is 0.753. The average Bonchev–Trinajstić information content (AvgIpc) is 2.31. The van der Waals surface area contributed by atoms with Crippen LogP contribution in [0.1, 0.15) is 12.8 Å². The molecule has 0 aliphatic carbocycles. The van der Waals surface area contributed by atoms with Crippen LogP contribution in [0.25, 0.3) is 0 Å². The van der Waals surface area contributed by atoms with E-state index in [0.29, 0.717) is 12.2 Å². The van der Waals surface area contributed by atoms with E-state index in [4.69, 9.17) is 5.11 Å². The molecule has 0 aromatic heterocycles. The first-order chi connectivity index (χ1) is 8.59. The number of rotatable bonds is 7. The van der Waals surface area contributed by atoms with Gasteiger partial charge in [0, 0.05) is 28.1 Å². The number of hydrogen-bond donors (Lipinski definition) is 2. The van der Waals surface area contributed by atoms with Gasteiger partial charge in [0.2, 0.25) is 5.91 Å². The lowest BCUT2D eigenvalue weighted by Crippen LogP contribution is -2.26. The topological polar surface area (TPSA) is 66.4 Å². The fourth-order valence-electron chi connectivity index (χ4n) is 1.21. The Bertz CT molecular complexity index is 426. The third kappa shape index (κ3) is 6.07. The summed E-state index contributed by atoms with van der Waals surface area (Å²) >= 11 is 5.03. The molecule has 0 unspecified atom stereocenters. The zero-order valence-corrected chi connectivity index (χ0v) is 12.1. The molecule has 18 heavy (non-hydrogen) atoms. The smallest absolute Gasteiger partial charge is 0.305 e. The van der Waals surface area contributed by atoms with Crippen LogP contribution < -0.4 is 5.32 Å². The normalized spacial score (nSPS) is 10.1. The van der Waals surface area contributed by atoms with E-state index < -0.39 is 5.97 Å². The molecule has 0 bridgehead atoms. The molecule has 0 spiro atoms. The molecule has 0 atom stereocenters. The lowest BCUT2D eigenvalue weighted by Gasteiger charge is -2.05. The van der Waals surface area contributed by atoms with E-state index in [1.54, 1.807) is 11.8 Å². The van der Waals surface area contributed by atoms with E-state index in [2.05, 4.69) is 21.2 Å². The fraction of sp³-hybridized carbons (Fsp3) is 0.333. The molecule has 1 aromatic carbocycles. The van der Waals surface area contributed by atoms with Crippen LogP contribution in [0.3, 0.4) is 0 Å². The van der Waals surface area contributed by atoms with Crippen molar-refractivity contribution in [1.82, 2.24) is 5.32 Å². The van der Waals surface area contributed by atoms with Gasteiger partial charge in [0.25, 0.3) is 0 Å². The summed E-state index contributed by atoms with van der Waals surface area (Å²) < 4.78 is 1.02. The highest BCUT2D eigenvalue weighted by Gasteiger charge is 2.04. The molecule has 1 aromatic rings. The maximum Gasteiger partial charge on any atom is 0.305 e. The molecule has 98 valence electrons. The molecule has 0 aliphatic heterocycles. The van der Waals surface area contributed by atoms with Gasteiger partial charge in [-0.3, -0.25) is 9.59 Å². The van der Waals surface area contributed by atoms with Crippen LogP contribution in [-0.2, 0) is 9.59 Å². The van der Waals surface area contributed by atoms with E-state index in [0.717, 1.165) is 9.37 Å². The summed E-state index contributed by atoms with van der Waals surface area (Å²) in [6, 6.07) is 7.82. The predicted molar refractivity (Wildman–Crippen MR) is 74.7 cm³/mol. The van der Waals surface area contributed by atoms with Gasteiger partial charge in [-0.15, -0.1) is 11.8 Å². The van der Waals surface area contributed by atoms with Crippen molar-refractivity contribution in [1.29, 1.82) is 0 Å². The van der Waals surface area contributed by atoms with Gasteiger partial charge in [-0.2, -0.15) is 0 Å². The van der Waals surface area contributed by atoms with Crippen molar-refractivity contribution in [3.63, 3.8) is 0 Å². The molecule has 0 saturated carbocycles. The predicted octanol–water partition coefficient (Wildman–Crippen LogP) is 2.52. The van der Waals surface area contributed by atoms with Gasteiger partial charge >= 0.3 is 5.97 Å². The van der Waals surface area contributed by atoms with Gasteiger partial charge in [-0.05, 0) is 28.1 Å². The summed E-state index contributed by atoms with van der Waals surface area (Å²) in [6.07, 6.45) is 0.342. The third-order valence-corrected chi connectivity index (χ3v) is 4.11. The highest BCUT2D eigenvalue weighted by Crippen LogP contribution is 2.27. The molecule has 4 nitrogen and oxygen atoms in total. The van der Waals surface area contributed by atoms with Crippen molar-refractivity contribution in [3.8, 4) is 0 Å². The number of aliphatic carboxylic acids is 1. The summed E-state index contributed by atoms with van der Waals surface area (Å²) in [5.41, 5.74) is 0. The second kappa shape index (κ2) is 8.16. The highest BCUT2D eigenvalue weighted by molar-refractivity contribution is 9.10. The van der Waals surface area contributed by atoms with Crippen molar-refractivity contribution in [2.45, 2.75) is 17.7 Å². The Morgan fingerprint density at radius 1 is 1.28 bits per heavy atom. The van der Waals surface area contributed by atoms with E-state index in [9.17, 15) is 9.59 Å². The number of halogens is 1. The van der Waals surface area contributed by atoms with Crippen LogP contribution in [0, 0.1) is 0 Å². The number of carboxylic acid groups (broad SMARTS) is 1. The number of carbonyl (C=O) groups is 2. The number of carbonyl (C=O) groups excluding carboxylic acids is 1. The Kier molecular flexibility index (Phi) is 6.82. The van der Waals surface area contributed by atoms with Crippen molar-refractivity contribution >= 4 is 39.6 Å². The van der Waals surface area contributed by atoms with Gasteiger partial charge in [0.15, 0.2) is 0 Å². The minimum atomic E-state index is -0.905. The van der Waals surface area contributed by atoms with Crippen LogP contribution in [-0.4, -0.2) is 29.3 Å². The molecule has 0 aliphatic rings. The Labute approximate surface area is 118 Å². The second-order valence-electron chi connectivity index (χ2n) is 3.52. The van der Waals surface area contributed by atoms with E-state index in [1.807, 2.05) is 24.3 Å².